The molecule has 1 aliphatic heterocycles. The molecule has 0 aromatic carbocycles. The second kappa shape index (κ2) is 2.75. The zero-order valence-electron chi connectivity index (χ0n) is 6.03. The third-order valence-electron chi connectivity index (χ3n) is 1.48. The van der Waals surface area contributed by atoms with Crippen LogP contribution in [0.25, 0.3) is 0 Å². The zero-order chi connectivity index (χ0) is 7.45. The van der Waals surface area contributed by atoms with Crippen LogP contribution >= 0.6 is 0 Å². The normalized spacial score (nSPS) is 29.3. The molecule has 1 unspecified atom stereocenters. The van der Waals surface area contributed by atoms with Crippen molar-refractivity contribution in [3.05, 3.63) is 12.3 Å². The molecule has 0 fully saturated rings. The van der Waals surface area contributed by atoms with Crippen LogP contribution in [-0.4, -0.2) is 23.8 Å². The molecule has 0 aliphatic carbocycles. The Morgan fingerprint density at radius 3 is 2.90 bits per heavy atom. The molecule has 1 atom stereocenters. The third-order valence-corrected chi connectivity index (χ3v) is 1.48. The average Bonchev–Trinajstić information content (AvgIpc) is 2.39. The second-order valence-electron chi connectivity index (χ2n) is 2.32. The van der Waals surface area contributed by atoms with Gasteiger partial charge in [0.2, 0.25) is 0 Å². The smallest absolute Gasteiger partial charge is 0.231 e. The van der Waals surface area contributed by atoms with Gasteiger partial charge in [-0.2, -0.15) is 0 Å². The highest BCUT2D eigenvalue weighted by Gasteiger charge is 2.24. The van der Waals surface area contributed by atoms with Crippen LogP contribution in [0.5, 0.6) is 0 Å². The lowest BCUT2D eigenvalue weighted by Crippen LogP contribution is -2.34. The van der Waals surface area contributed by atoms with Crippen LogP contribution in [0.2, 0.25) is 0 Å². The van der Waals surface area contributed by atoms with Crippen molar-refractivity contribution in [3.63, 3.8) is 0 Å². The number of hydrogen-bond donors (Lipinski definition) is 0. The Hall–Kier alpha value is -0.960. The van der Waals surface area contributed by atoms with Gasteiger partial charge in [-0.1, -0.05) is 12.0 Å². The molecule has 0 bridgehead atoms. The number of allylic oxidation sites excluding steroid dienone is 1. The van der Waals surface area contributed by atoms with Crippen LogP contribution in [0.3, 0.4) is 0 Å². The number of amides is 1. The molecule has 1 rings (SSSR count). The summed E-state index contributed by atoms with van der Waals surface area (Å²) in [5, 5.41) is 4.01. The van der Waals surface area contributed by atoms with E-state index in [1.807, 2.05) is 6.92 Å². The van der Waals surface area contributed by atoms with Gasteiger partial charge in [0.1, 0.15) is 12.7 Å². The summed E-state index contributed by atoms with van der Waals surface area (Å²) in [7, 11) is 0. The molecule has 10 heavy (non-hydrogen) atoms. The molecular formula is C7H11N2O+. The van der Waals surface area contributed by atoms with E-state index in [1.54, 1.807) is 18.5 Å². The van der Waals surface area contributed by atoms with Crippen molar-refractivity contribution >= 4 is 12.6 Å². The Kier molecular flexibility index (Phi) is 1.97. The monoisotopic (exact) mass is 139 g/mol. The molecule has 0 N–H and O–H groups in total. The van der Waals surface area contributed by atoms with Crippen molar-refractivity contribution in [2.45, 2.75) is 13.3 Å². The topological polar surface area (TPSA) is 29.4 Å². The van der Waals surface area contributed by atoms with Gasteiger partial charge in [-0.25, -0.2) is 4.79 Å². The zero-order valence-corrected chi connectivity index (χ0v) is 6.03. The Morgan fingerprint density at radius 2 is 2.50 bits per heavy atom. The number of nitrogens with zero attached hydrogens (tertiary/aromatic N) is 2. The van der Waals surface area contributed by atoms with Crippen molar-refractivity contribution < 1.29 is 9.39 Å². The van der Waals surface area contributed by atoms with Crippen LogP contribution in [-0.2, 0) is 4.79 Å². The molecule has 1 amide bonds. The molecule has 0 radical (unpaired) electrons. The highest BCUT2D eigenvalue weighted by atomic mass is 16.2. The molecule has 3 nitrogen and oxygen atoms in total. The predicted molar refractivity (Wildman–Crippen MR) is 39.1 cm³/mol. The van der Waals surface area contributed by atoms with E-state index in [2.05, 4.69) is 5.10 Å². The van der Waals surface area contributed by atoms with Gasteiger partial charge < -0.3 is 0 Å². The Bertz CT molecular complexity index is 172. The standard InChI is InChI=1S/C7H11N2O/c1-2-5-9(7-10)6-3-4-8-9/h3-4,6-7H,2,5H2,1H3/q+1. The second-order valence-corrected chi connectivity index (χ2v) is 2.32. The maximum absolute atomic E-state index is 10.5. The van der Waals surface area contributed by atoms with Crippen molar-refractivity contribution in [2.75, 3.05) is 6.54 Å². The fraction of sp³-hybridized carbons (Fsp3) is 0.429. The van der Waals surface area contributed by atoms with Crippen LogP contribution in [0.4, 0.5) is 0 Å². The molecule has 1 aliphatic rings. The van der Waals surface area contributed by atoms with Gasteiger partial charge in [-0.05, 0) is 6.42 Å². The lowest BCUT2D eigenvalue weighted by molar-refractivity contribution is -0.797. The fourth-order valence-electron chi connectivity index (χ4n) is 0.994. The summed E-state index contributed by atoms with van der Waals surface area (Å²) in [6, 6.07) is 0. The number of carbonyl (C=O) groups excluding carboxylic acids is 1. The minimum absolute atomic E-state index is 0.122. The summed E-state index contributed by atoms with van der Waals surface area (Å²) in [4.78, 5) is 10.5. The largest absolute Gasteiger partial charge is 0.332 e. The molecule has 0 spiro atoms. The first-order valence-corrected chi connectivity index (χ1v) is 3.40. The number of carbonyl (C=O) groups is 1. The quantitative estimate of drug-likeness (QED) is 0.421. The molecule has 1 heterocycles. The van der Waals surface area contributed by atoms with Gasteiger partial charge in [-0.3, -0.25) is 0 Å². The summed E-state index contributed by atoms with van der Waals surface area (Å²) in [6.45, 7) is 2.79. The van der Waals surface area contributed by atoms with E-state index in [1.165, 1.54) is 0 Å². The molecule has 0 aromatic rings. The van der Waals surface area contributed by atoms with Crippen LogP contribution in [0.15, 0.2) is 17.4 Å². The molecule has 3 heteroatoms. The van der Waals surface area contributed by atoms with Crippen molar-refractivity contribution in [1.82, 2.24) is 0 Å². The van der Waals surface area contributed by atoms with Gasteiger partial charge >= 0.3 is 6.41 Å². The molecule has 0 saturated carbocycles. The highest BCUT2D eigenvalue weighted by Crippen LogP contribution is 2.10. The molecular weight excluding hydrogens is 128 g/mol. The van der Waals surface area contributed by atoms with Crippen molar-refractivity contribution in [1.29, 1.82) is 0 Å². The number of quaternary nitrogens is 1. The summed E-state index contributed by atoms with van der Waals surface area (Å²) in [6.07, 6.45) is 7.05. The van der Waals surface area contributed by atoms with E-state index in [0.717, 1.165) is 19.4 Å². The highest BCUT2D eigenvalue weighted by molar-refractivity contribution is 5.72. The van der Waals surface area contributed by atoms with Gasteiger partial charge in [0, 0.05) is 6.08 Å². The molecule has 0 saturated heterocycles. The van der Waals surface area contributed by atoms with Gasteiger partial charge in [0.15, 0.2) is 0 Å². The summed E-state index contributed by atoms with van der Waals surface area (Å²) < 4.78 is 0.122. The first-order valence-electron chi connectivity index (χ1n) is 3.40. The number of hydrogen-bond acceptors (Lipinski definition) is 2. The molecule has 0 aromatic heterocycles. The van der Waals surface area contributed by atoms with E-state index in [4.69, 9.17) is 0 Å². The summed E-state index contributed by atoms with van der Waals surface area (Å²) >= 11 is 0. The first kappa shape index (κ1) is 7.15. The minimum atomic E-state index is 0.122. The minimum Gasteiger partial charge on any atom is -0.231 e. The number of rotatable bonds is 3. The summed E-state index contributed by atoms with van der Waals surface area (Å²) in [5.74, 6) is 0. The predicted octanol–water partition coefficient (Wildman–Crippen LogP) is 0.883. The van der Waals surface area contributed by atoms with E-state index < -0.39 is 0 Å². The van der Waals surface area contributed by atoms with E-state index >= 15 is 0 Å². The van der Waals surface area contributed by atoms with E-state index in [0.29, 0.717) is 0 Å². The van der Waals surface area contributed by atoms with Gasteiger partial charge in [0.25, 0.3) is 0 Å². The maximum atomic E-state index is 10.5. The van der Waals surface area contributed by atoms with Crippen molar-refractivity contribution in [2.24, 2.45) is 5.10 Å². The maximum Gasteiger partial charge on any atom is 0.332 e. The lowest BCUT2D eigenvalue weighted by atomic mass is 10.4. The molecule has 54 valence electrons. The summed E-state index contributed by atoms with van der Waals surface area (Å²) in [5.41, 5.74) is 0. The lowest BCUT2D eigenvalue weighted by Gasteiger charge is -2.15. The van der Waals surface area contributed by atoms with E-state index in [9.17, 15) is 4.79 Å². The van der Waals surface area contributed by atoms with Gasteiger partial charge in [-0.15, -0.1) is 4.59 Å². The van der Waals surface area contributed by atoms with E-state index in [-0.39, 0.29) is 4.59 Å². The SMILES string of the molecule is CCC[N+]1(C=O)C=CC=N1. The average molecular weight is 139 g/mol. The van der Waals surface area contributed by atoms with Crippen molar-refractivity contribution in [3.8, 4) is 0 Å². The Labute approximate surface area is 60.2 Å². The first-order chi connectivity index (χ1) is 4.83. The van der Waals surface area contributed by atoms with Crippen LogP contribution in [0, 0.1) is 0 Å². The Morgan fingerprint density at radius 1 is 1.70 bits per heavy atom. The third kappa shape index (κ3) is 1.14. The fourth-order valence-corrected chi connectivity index (χ4v) is 0.994. The van der Waals surface area contributed by atoms with Crippen LogP contribution < -0.4 is 0 Å². The van der Waals surface area contributed by atoms with Crippen LogP contribution in [0.1, 0.15) is 13.3 Å². The van der Waals surface area contributed by atoms with Gasteiger partial charge in [0.05, 0.1) is 6.21 Å². The Balaban J connectivity index is 2.69.